The first-order valence-electron chi connectivity index (χ1n) is 5.84. The van der Waals surface area contributed by atoms with Crippen molar-refractivity contribution in [3.8, 4) is 5.75 Å². The van der Waals surface area contributed by atoms with Gasteiger partial charge < -0.3 is 15.2 Å². The van der Waals surface area contributed by atoms with E-state index < -0.39 is 35.0 Å². The Morgan fingerprint density at radius 3 is 2.32 bits per heavy atom. The summed E-state index contributed by atoms with van der Waals surface area (Å²) in [6.07, 6.45) is -1.73. The number of anilines is 1. The number of carbonyl (C=O) groups excluding carboxylic acids is 1. The smallest absolute Gasteiger partial charge is 0.449 e. The Morgan fingerprint density at radius 1 is 1.09 bits per heavy atom. The van der Waals surface area contributed by atoms with Gasteiger partial charge in [0.25, 0.3) is 5.91 Å². The van der Waals surface area contributed by atoms with E-state index >= 15 is 0 Å². The van der Waals surface area contributed by atoms with Gasteiger partial charge in [0.05, 0.1) is 10.6 Å². The minimum atomic E-state index is -1.73. The molecule has 0 aromatic heterocycles. The molecule has 2 aromatic rings. The zero-order valence-corrected chi connectivity index (χ0v) is 11.5. The van der Waals surface area contributed by atoms with E-state index in [0.717, 1.165) is 24.3 Å². The number of carboxylic acid groups (broad SMARTS) is 1. The van der Waals surface area contributed by atoms with E-state index in [0.29, 0.717) is 0 Å². The summed E-state index contributed by atoms with van der Waals surface area (Å²) >= 11 is 5.76. The normalized spacial score (nSPS) is 10.1. The lowest BCUT2D eigenvalue weighted by atomic mass is 10.1. The number of ether oxygens (including phenoxy) is 1. The van der Waals surface area contributed by atoms with E-state index in [1.54, 1.807) is 0 Å². The van der Waals surface area contributed by atoms with E-state index in [2.05, 4.69) is 10.1 Å². The summed E-state index contributed by atoms with van der Waals surface area (Å²) < 4.78 is 31.1. The Labute approximate surface area is 128 Å². The predicted octanol–water partition coefficient (Wildman–Crippen LogP) is 3.93. The van der Waals surface area contributed by atoms with Crippen LogP contribution in [0.25, 0.3) is 0 Å². The number of nitrogens with one attached hydrogen (secondary N) is 1. The van der Waals surface area contributed by atoms with E-state index in [9.17, 15) is 18.4 Å². The summed E-state index contributed by atoms with van der Waals surface area (Å²) in [6, 6.07) is 6.88. The molecule has 0 atom stereocenters. The first-order chi connectivity index (χ1) is 10.4. The molecule has 2 aromatic carbocycles. The molecule has 0 fully saturated rings. The van der Waals surface area contributed by atoms with Crippen molar-refractivity contribution in [1.29, 1.82) is 0 Å². The fourth-order valence-corrected chi connectivity index (χ4v) is 1.87. The first kappa shape index (κ1) is 15.7. The number of rotatable bonds is 3. The highest BCUT2D eigenvalue weighted by Gasteiger charge is 2.21. The summed E-state index contributed by atoms with van der Waals surface area (Å²) in [4.78, 5) is 22.5. The van der Waals surface area contributed by atoms with E-state index in [4.69, 9.17) is 16.7 Å². The summed E-state index contributed by atoms with van der Waals surface area (Å²) in [7, 11) is 0. The SMILES string of the molecule is O=C(O)Oc1ccc(Cl)c(C(=O)Nc2ccc(F)cc2)c1F. The number of carbonyl (C=O) groups is 2. The van der Waals surface area contributed by atoms with E-state index in [1.807, 2.05) is 0 Å². The second-order valence-corrected chi connectivity index (χ2v) is 4.47. The van der Waals surface area contributed by atoms with Crippen LogP contribution in [-0.2, 0) is 0 Å². The molecule has 0 saturated carbocycles. The Morgan fingerprint density at radius 2 is 1.73 bits per heavy atom. The summed E-state index contributed by atoms with van der Waals surface area (Å²) in [5, 5.41) is 10.6. The number of hydrogen-bond acceptors (Lipinski definition) is 3. The van der Waals surface area contributed by atoms with Crippen LogP contribution in [0.2, 0.25) is 5.02 Å². The molecule has 0 unspecified atom stereocenters. The lowest BCUT2D eigenvalue weighted by Gasteiger charge is -2.10. The second kappa shape index (κ2) is 6.40. The first-order valence-corrected chi connectivity index (χ1v) is 6.22. The van der Waals surface area contributed by atoms with Crippen molar-refractivity contribution < 1.29 is 28.2 Å². The van der Waals surface area contributed by atoms with Gasteiger partial charge >= 0.3 is 6.16 Å². The third kappa shape index (κ3) is 3.50. The van der Waals surface area contributed by atoms with Gasteiger partial charge in [0.15, 0.2) is 11.6 Å². The van der Waals surface area contributed by atoms with Gasteiger partial charge in [-0.2, -0.15) is 0 Å². The number of benzene rings is 2. The molecule has 0 heterocycles. The largest absolute Gasteiger partial charge is 0.511 e. The van der Waals surface area contributed by atoms with Crippen molar-refractivity contribution in [3.63, 3.8) is 0 Å². The molecular formula is C14H8ClF2NO4. The van der Waals surface area contributed by atoms with Crippen LogP contribution in [-0.4, -0.2) is 17.2 Å². The standard InChI is InChI=1S/C14H8ClF2NO4/c15-9-5-6-10(22-14(20)21)12(17)11(9)13(19)18-8-3-1-7(16)2-4-8/h1-6H,(H,18,19)(H,20,21). The van der Waals surface area contributed by atoms with Crippen LogP contribution >= 0.6 is 11.6 Å². The number of hydrogen-bond donors (Lipinski definition) is 2. The zero-order valence-electron chi connectivity index (χ0n) is 10.8. The van der Waals surface area contributed by atoms with Gasteiger partial charge in [-0.15, -0.1) is 0 Å². The lowest BCUT2D eigenvalue weighted by Crippen LogP contribution is -2.16. The van der Waals surface area contributed by atoms with Gasteiger partial charge in [-0.05, 0) is 36.4 Å². The summed E-state index contributed by atoms with van der Waals surface area (Å²) in [6.45, 7) is 0. The molecule has 2 rings (SSSR count). The molecule has 5 nitrogen and oxygen atoms in total. The van der Waals surface area contributed by atoms with Crippen molar-refractivity contribution >= 4 is 29.4 Å². The Balaban J connectivity index is 2.32. The van der Waals surface area contributed by atoms with Crippen LogP contribution in [0.3, 0.4) is 0 Å². The van der Waals surface area contributed by atoms with Crippen LogP contribution in [0, 0.1) is 11.6 Å². The van der Waals surface area contributed by atoms with Gasteiger partial charge in [-0.3, -0.25) is 4.79 Å². The minimum absolute atomic E-state index is 0.214. The van der Waals surface area contributed by atoms with Gasteiger partial charge in [0, 0.05) is 5.69 Å². The molecule has 0 bridgehead atoms. The van der Waals surface area contributed by atoms with Crippen LogP contribution in [0.1, 0.15) is 10.4 Å². The van der Waals surface area contributed by atoms with Crippen molar-refractivity contribution in [1.82, 2.24) is 0 Å². The molecule has 8 heteroatoms. The van der Waals surface area contributed by atoms with Gasteiger partial charge in [-0.25, -0.2) is 13.6 Å². The maximum Gasteiger partial charge on any atom is 0.511 e. The average Bonchev–Trinajstić information content (AvgIpc) is 2.44. The van der Waals surface area contributed by atoms with Crippen molar-refractivity contribution in [2.45, 2.75) is 0 Å². The highest BCUT2D eigenvalue weighted by molar-refractivity contribution is 6.34. The summed E-state index contributed by atoms with van der Waals surface area (Å²) in [5.41, 5.74) is -0.365. The van der Waals surface area contributed by atoms with Crippen LogP contribution < -0.4 is 10.1 Å². The monoisotopic (exact) mass is 327 g/mol. The topological polar surface area (TPSA) is 75.6 Å². The molecule has 0 saturated heterocycles. The number of halogens is 3. The fraction of sp³-hybridized carbons (Fsp3) is 0. The van der Waals surface area contributed by atoms with Gasteiger partial charge in [0.2, 0.25) is 0 Å². The molecule has 0 aliphatic heterocycles. The fourth-order valence-electron chi connectivity index (χ4n) is 1.64. The molecule has 22 heavy (non-hydrogen) atoms. The third-order valence-corrected chi connectivity index (χ3v) is 2.90. The van der Waals surface area contributed by atoms with Crippen molar-refractivity contribution in [2.24, 2.45) is 0 Å². The predicted molar refractivity (Wildman–Crippen MR) is 74.4 cm³/mol. The third-order valence-electron chi connectivity index (χ3n) is 2.58. The second-order valence-electron chi connectivity index (χ2n) is 4.06. The van der Waals surface area contributed by atoms with Gasteiger partial charge in [-0.1, -0.05) is 11.6 Å². The lowest BCUT2D eigenvalue weighted by molar-refractivity contribution is 0.102. The average molecular weight is 328 g/mol. The molecule has 0 radical (unpaired) electrons. The molecule has 0 spiro atoms. The van der Waals surface area contributed by atoms with Gasteiger partial charge in [0.1, 0.15) is 5.82 Å². The quantitative estimate of drug-likeness (QED) is 0.661. The summed E-state index contributed by atoms with van der Waals surface area (Å²) in [5.74, 6) is -3.29. The van der Waals surface area contributed by atoms with Crippen LogP contribution in [0.15, 0.2) is 36.4 Å². The number of amides is 1. The molecule has 114 valence electrons. The Hall–Kier alpha value is -2.67. The maximum absolute atomic E-state index is 14.1. The highest BCUT2D eigenvalue weighted by atomic mass is 35.5. The molecule has 2 N–H and O–H groups in total. The van der Waals surface area contributed by atoms with Crippen LogP contribution in [0.4, 0.5) is 19.3 Å². The van der Waals surface area contributed by atoms with Crippen molar-refractivity contribution in [2.75, 3.05) is 5.32 Å². The maximum atomic E-state index is 14.1. The van der Waals surface area contributed by atoms with E-state index in [1.165, 1.54) is 12.1 Å². The van der Waals surface area contributed by atoms with Crippen molar-refractivity contribution in [3.05, 3.63) is 58.6 Å². The molecular weight excluding hydrogens is 320 g/mol. The highest BCUT2D eigenvalue weighted by Crippen LogP contribution is 2.28. The molecule has 0 aliphatic carbocycles. The molecule has 1 amide bonds. The zero-order chi connectivity index (χ0) is 16.3. The van der Waals surface area contributed by atoms with Crippen LogP contribution in [0.5, 0.6) is 5.75 Å². The molecule has 0 aliphatic rings. The van der Waals surface area contributed by atoms with E-state index in [-0.39, 0.29) is 10.7 Å². The Bertz CT molecular complexity index is 734. The minimum Gasteiger partial charge on any atom is -0.449 e. The Kier molecular flexibility index (Phi) is 4.57.